The molecule has 0 unspecified atom stereocenters. The molecule has 0 radical (unpaired) electrons. The quantitative estimate of drug-likeness (QED) is 0.213. The van der Waals surface area contributed by atoms with Crippen LogP contribution in [0.3, 0.4) is 0 Å². The van der Waals surface area contributed by atoms with E-state index in [4.69, 9.17) is 0 Å². The van der Waals surface area contributed by atoms with Crippen LogP contribution in [-0.4, -0.2) is 6.21 Å². The van der Waals surface area contributed by atoms with Crippen molar-refractivity contribution < 1.29 is 0 Å². The van der Waals surface area contributed by atoms with Gasteiger partial charge in [-0.1, -0.05) is 38.0 Å². The largest absolute Gasteiger partial charge is 0.164 e. The van der Waals surface area contributed by atoms with Crippen molar-refractivity contribution in [2.24, 2.45) is 10.4 Å². The third-order valence-corrected chi connectivity index (χ3v) is 1.59. The number of hydrogen-bond acceptors (Lipinski definition) is 3. The van der Waals surface area contributed by atoms with Gasteiger partial charge in [0, 0.05) is 6.21 Å². The highest BCUT2D eigenvalue weighted by molar-refractivity contribution is 5.71. The third-order valence-electron chi connectivity index (χ3n) is 1.59. The van der Waals surface area contributed by atoms with Crippen LogP contribution in [0.1, 0.15) is 32.6 Å². The lowest BCUT2D eigenvalue weighted by molar-refractivity contribution is 0.729. The molecule has 0 aliphatic carbocycles. The maximum Gasteiger partial charge on any atom is 0.0722 e. The number of unbranched alkanes of at least 4 members (excludes halogenated alkanes) is 3. The molecule has 0 aliphatic rings. The van der Waals surface area contributed by atoms with Crippen LogP contribution in [0.2, 0.25) is 0 Å². The Balaban J connectivity index is 3.36. The standard InChI is InChI=1S/C10H17N3O/c1-2-3-4-5-6-7-8-9-10-11-12-13-14/h6-10H,2-5H2,1H3,(H,12,14)/b7-6+,9-8+,11-10+. The van der Waals surface area contributed by atoms with Crippen molar-refractivity contribution in [3.8, 4) is 0 Å². The van der Waals surface area contributed by atoms with E-state index < -0.39 is 0 Å². The Morgan fingerprint density at radius 2 is 2.07 bits per heavy atom. The zero-order valence-electron chi connectivity index (χ0n) is 8.52. The van der Waals surface area contributed by atoms with Crippen molar-refractivity contribution >= 4 is 6.21 Å². The highest BCUT2D eigenvalue weighted by Gasteiger charge is 1.79. The zero-order chi connectivity index (χ0) is 10.5. The fraction of sp³-hybridized carbons (Fsp3) is 0.500. The maximum atomic E-state index is 9.53. The van der Waals surface area contributed by atoms with Gasteiger partial charge in [-0.2, -0.15) is 10.6 Å². The van der Waals surface area contributed by atoms with Gasteiger partial charge in [-0.15, -0.1) is 4.91 Å². The number of allylic oxidation sites excluding steroid dienone is 4. The molecule has 0 saturated carbocycles. The first-order chi connectivity index (χ1) is 6.91. The fourth-order valence-corrected chi connectivity index (χ4v) is 0.901. The molecule has 0 aromatic rings. The van der Waals surface area contributed by atoms with Gasteiger partial charge in [-0.3, -0.25) is 0 Å². The van der Waals surface area contributed by atoms with Gasteiger partial charge in [0.25, 0.3) is 0 Å². The first-order valence-electron chi connectivity index (χ1n) is 4.84. The zero-order valence-corrected chi connectivity index (χ0v) is 8.52. The van der Waals surface area contributed by atoms with Crippen LogP contribution in [0.25, 0.3) is 0 Å². The van der Waals surface area contributed by atoms with E-state index in [0.29, 0.717) is 0 Å². The van der Waals surface area contributed by atoms with E-state index in [0.717, 1.165) is 6.42 Å². The lowest BCUT2D eigenvalue weighted by Gasteiger charge is -1.89. The summed E-state index contributed by atoms with van der Waals surface area (Å²) in [7, 11) is 0. The lowest BCUT2D eigenvalue weighted by Crippen LogP contribution is -1.89. The molecule has 78 valence electrons. The molecule has 0 aliphatic heterocycles. The molecule has 0 bridgehead atoms. The van der Waals surface area contributed by atoms with E-state index in [2.05, 4.69) is 23.4 Å². The smallest absolute Gasteiger partial charge is 0.0722 e. The first kappa shape index (κ1) is 12.6. The summed E-state index contributed by atoms with van der Waals surface area (Å²) in [6.07, 6.45) is 14.0. The molecule has 0 atom stereocenters. The summed E-state index contributed by atoms with van der Waals surface area (Å²) in [4.78, 5) is 9.53. The molecule has 0 saturated heterocycles. The van der Waals surface area contributed by atoms with Crippen LogP contribution in [0.5, 0.6) is 0 Å². The highest BCUT2D eigenvalue weighted by Crippen LogP contribution is 1.99. The van der Waals surface area contributed by atoms with Crippen molar-refractivity contribution in [2.75, 3.05) is 0 Å². The van der Waals surface area contributed by atoms with Crippen LogP contribution in [0.4, 0.5) is 0 Å². The molecule has 4 heteroatoms. The van der Waals surface area contributed by atoms with E-state index in [-0.39, 0.29) is 0 Å². The third kappa shape index (κ3) is 10.6. The molecule has 0 aromatic heterocycles. The summed E-state index contributed by atoms with van der Waals surface area (Å²) in [5.41, 5.74) is 1.93. The Kier molecular flexibility index (Phi) is 10.4. The number of nitrogens with one attached hydrogen (secondary N) is 1. The van der Waals surface area contributed by atoms with Gasteiger partial charge in [-0.05, 0) is 18.9 Å². The Hall–Kier alpha value is -1.45. The van der Waals surface area contributed by atoms with E-state index in [9.17, 15) is 4.91 Å². The van der Waals surface area contributed by atoms with E-state index in [1.54, 1.807) is 6.08 Å². The second-order valence-corrected chi connectivity index (χ2v) is 2.78. The van der Waals surface area contributed by atoms with Crippen molar-refractivity contribution in [3.05, 3.63) is 29.2 Å². The van der Waals surface area contributed by atoms with Crippen molar-refractivity contribution in [3.63, 3.8) is 0 Å². The summed E-state index contributed by atoms with van der Waals surface area (Å²) in [5.74, 6) is 0. The molecule has 0 fully saturated rings. The van der Waals surface area contributed by atoms with Gasteiger partial charge in [0.05, 0.1) is 5.29 Å². The Labute approximate surface area is 84.7 Å². The predicted octanol–water partition coefficient (Wildman–Crippen LogP) is 2.94. The van der Waals surface area contributed by atoms with Crippen LogP contribution in [-0.2, 0) is 0 Å². The first-order valence-corrected chi connectivity index (χ1v) is 4.84. The van der Waals surface area contributed by atoms with Crippen molar-refractivity contribution in [1.82, 2.24) is 5.53 Å². The normalized spacial score (nSPS) is 11.8. The van der Waals surface area contributed by atoms with Gasteiger partial charge in [0.15, 0.2) is 0 Å². The van der Waals surface area contributed by atoms with Gasteiger partial charge < -0.3 is 0 Å². The summed E-state index contributed by atoms with van der Waals surface area (Å²) < 4.78 is 0. The van der Waals surface area contributed by atoms with Crippen molar-refractivity contribution in [2.45, 2.75) is 32.6 Å². The predicted molar refractivity (Wildman–Crippen MR) is 59.8 cm³/mol. The van der Waals surface area contributed by atoms with Crippen LogP contribution in [0.15, 0.2) is 34.7 Å². The summed E-state index contributed by atoms with van der Waals surface area (Å²) in [5, 5.41) is 5.82. The van der Waals surface area contributed by atoms with Crippen LogP contribution in [0, 0.1) is 4.91 Å². The molecule has 4 nitrogen and oxygen atoms in total. The number of nitrogens with zero attached hydrogens (tertiary/aromatic N) is 2. The highest BCUT2D eigenvalue weighted by atomic mass is 16.3. The SMILES string of the molecule is CCCCC/C=C/C=C/C=N/NN=O. The molecule has 0 rings (SSSR count). The minimum absolute atomic E-state index is 1.11. The Morgan fingerprint density at radius 3 is 2.79 bits per heavy atom. The monoisotopic (exact) mass is 195 g/mol. The summed E-state index contributed by atoms with van der Waals surface area (Å²) in [6, 6.07) is 0. The number of rotatable bonds is 8. The second kappa shape index (κ2) is 11.6. The molecule has 0 heterocycles. The molecule has 0 aromatic carbocycles. The molecule has 0 amide bonds. The summed E-state index contributed by atoms with van der Waals surface area (Å²) in [6.45, 7) is 2.19. The number of nitroso groups, excluding NO2 is 1. The minimum Gasteiger partial charge on any atom is -0.164 e. The van der Waals surface area contributed by atoms with Crippen LogP contribution < -0.4 is 5.53 Å². The Morgan fingerprint density at radius 1 is 1.21 bits per heavy atom. The maximum absolute atomic E-state index is 9.53. The number of hydrazone groups is 1. The topological polar surface area (TPSA) is 53.8 Å². The molecular weight excluding hydrogens is 178 g/mol. The fourth-order valence-electron chi connectivity index (χ4n) is 0.901. The molecular formula is C10H17N3O. The Bertz CT molecular complexity index is 209. The van der Waals surface area contributed by atoms with E-state index in [1.807, 2.05) is 17.7 Å². The number of hydrogen-bond donors (Lipinski definition) is 1. The average Bonchev–Trinajstić information content (AvgIpc) is 2.21. The molecule has 1 N–H and O–H groups in total. The van der Waals surface area contributed by atoms with Crippen molar-refractivity contribution in [1.29, 1.82) is 0 Å². The van der Waals surface area contributed by atoms with Gasteiger partial charge in [0.2, 0.25) is 0 Å². The van der Waals surface area contributed by atoms with E-state index >= 15 is 0 Å². The van der Waals surface area contributed by atoms with Crippen LogP contribution >= 0.6 is 0 Å². The molecule has 0 spiro atoms. The van der Waals surface area contributed by atoms with E-state index in [1.165, 1.54) is 25.5 Å². The lowest BCUT2D eigenvalue weighted by atomic mass is 10.2. The summed E-state index contributed by atoms with van der Waals surface area (Å²) >= 11 is 0. The molecule has 14 heavy (non-hydrogen) atoms. The second-order valence-electron chi connectivity index (χ2n) is 2.78. The van der Waals surface area contributed by atoms with Gasteiger partial charge >= 0.3 is 0 Å². The minimum atomic E-state index is 1.11. The average molecular weight is 195 g/mol. The van der Waals surface area contributed by atoms with Gasteiger partial charge in [0.1, 0.15) is 0 Å². The van der Waals surface area contributed by atoms with Gasteiger partial charge in [-0.25, -0.2) is 0 Å².